The van der Waals surface area contributed by atoms with Gasteiger partial charge in [0, 0.05) is 0 Å². The zero-order chi connectivity index (χ0) is 5.11. The van der Waals surface area contributed by atoms with Gasteiger partial charge in [-0.3, -0.25) is 0 Å². The first-order chi connectivity index (χ1) is 3.39. The van der Waals surface area contributed by atoms with E-state index in [0.29, 0.717) is 0 Å². The molecule has 0 saturated carbocycles. The first-order valence-electron chi connectivity index (χ1n) is 2.26. The van der Waals surface area contributed by atoms with Crippen molar-refractivity contribution in [2.24, 2.45) is 0 Å². The predicted octanol–water partition coefficient (Wildman–Crippen LogP) is 1.86. The van der Waals surface area contributed by atoms with Gasteiger partial charge in [0.2, 0.25) is 0 Å². The second kappa shape index (κ2) is 7.04. The molecule has 9 heavy (non-hydrogen) atoms. The van der Waals surface area contributed by atoms with E-state index in [2.05, 4.69) is 30.3 Å². The van der Waals surface area contributed by atoms with Crippen LogP contribution in [0.5, 0.6) is 0 Å². The maximum atomic E-state index is 2.17. The molecular formula is C6H7BrClHg. The van der Waals surface area contributed by atoms with Gasteiger partial charge in [0.25, 0.3) is 0 Å². The molecule has 0 aliphatic rings. The van der Waals surface area contributed by atoms with Crippen LogP contribution in [0.1, 0.15) is 0 Å². The molecule has 0 aromatic heterocycles. The standard InChI is InChI=1S/C6H5.BrH.ClH.Hg/c1-2-4-6-5-3-1;;;/h1-5H;2*1H;. The zero-order valence-electron chi connectivity index (χ0n) is 4.91. The Kier molecular flexibility index (Phi) is 9.84. The van der Waals surface area contributed by atoms with Gasteiger partial charge in [0.1, 0.15) is 0 Å². The summed E-state index contributed by atoms with van der Waals surface area (Å²) < 4.78 is 1.52. The van der Waals surface area contributed by atoms with Gasteiger partial charge in [0.05, 0.1) is 0 Å². The van der Waals surface area contributed by atoms with E-state index >= 15 is 0 Å². The Balaban J connectivity index is 0. The van der Waals surface area contributed by atoms with Crippen molar-refractivity contribution >= 4 is 32.5 Å². The molecule has 0 atom stereocenters. The van der Waals surface area contributed by atoms with Crippen molar-refractivity contribution < 1.29 is 26.1 Å². The Bertz CT molecular complexity index is 143. The van der Waals surface area contributed by atoms with Gasteiger partial charge in [-0.1, -0.05) is 0 Å². The fourth-order valence-electron chi connectivity index (χ4n) is 0.478. The quantitative estimate of drug-likeness (QED) is 0.589. The van der Waals surface area contributed by atoms with Crippen molar-refractivity contribution in [1.82, 2.24) is 0 Å². The Morgan fingerprint density at radius 1 is 1.00 bits per heavy atom. The number of halogens is 2. The van der Waals surface area contributed by atoms with Crippen LogP contribution >= 0.6 is 29.4 Å². The molecular weight excluding hydrogens is 388 g/mol. The molecule has 0 heterocycles. The molecule has 0 nitrogen and oxygen atoms in total. The summed E-state index contributed by atoms with van der Waals surface area (Å²) in [6.07, 6.45) is 0. The minimum absolute atomic E-state index is 0. The molecule has 0 aliphatic carbocycles. The molecule has 0 radical (unpaired) electrons. The van der Waals surface area contributed by atoms with E-state index in [1.807, 2.05) is 0 Å². The molecule has 1 aromatic rings. The van der Waals surface area contributed by atoms with Gasteiger partial charge in [-0.2, -0.15) is 0 Å². The van der Waals surface area contributed by atoms with Gasteiger partial charge < -0.3 is 0 Å². The number of hydrogen-bond acceptors (Lipinski definition) is 0. The summed E-state index contributed by atoms with van der Waals surface area (Å²) >= 11 is 0.810. The van der Waals surface area contributed by atoms with Crippen molar-refractivity contribution in [3.8, 4) is 0 Å². The molecule has 0 aliphatic heterocycles. The molecule has 1 rings (SSSR count). The summed E-state index contributed by atoms with van der Waals surface area (Å²) in [5.41, 5.74) is 0. The third-order valence-corrected chi connectivity index (χ3v) is 2.68. The molecule has 1 aromatic carbocycles. The van der Waals surface area contributed by atoms with E-state index in [4.69, 9.17) is 0 Å². The number of hydrogen-bond donors (Lipinski definition) is 0. The SMILES string of the molecule is Br.Cl.[Hg][c]1ccccc1. The fourth-order valence-corrected chi connectivity index (χ4v) is 1.54. The van der Waals surface area contributed by atoms with Crippen LogP contribution in [-0.2, 0) is 26.1 Å². The number of benzene rings is 1. The first kappa shape index (κ1) is 12.6. The monoisotopic (exact) mass is 395 g/mol. The summed E-state index contributed by atoms with van der Waals surface area (Å²) in [5.74, 6) is 0. The molecule has 0 bridgehead atoms. The van der Waals surface area contributed by atoms with Gasteiger partial charge in [-0.15, -0.1) is 29.4 Å². The minimum atomic E-state index is 0. The van der Waals surface area contributed by atoms with Crippen molar-refractivity contribution in [1.29, 1.82) is 0 Å². The van der Waals surface area contributed by atoms with Crippen LogP contribution < -0.4 is 3.07 Å². The first-order valence-corrected chi connectivity index (χ1v) is 5.01. The van der Waals surface area contributed by atoms with Crippen LogP contribution in [0.15, 0.2) is 30.3 Å². The molecule has 0 N–H and O–H groups in total. The molecule has 0 amide bonds. The summed E-state index contributed by atoms with van der Waals surface area (Å²) in [4.78, 5) is 0. The second-order valence-corrected chi connectivity index (χ2v) is 4.66. The molecule has 3 heteroatoms. The van der Waals surface area contributed by atoms with Crippen molar-refractivity contribution in [2.75, 3.05) is 0 Å². The predicted molar refractivity (Wildman–Crippen MR) is 43.6 cm³/mol. The second-order valence-electron chi connectivity index (χ2n) is 1.49. The molecule has 0 saturated heterocycles. The summed E-state index contributed by atoms with van der Waals surface area (Å²) in [7, 11) is 0. The number of rotatable bonds is 0. The van der Waals surface area contributed by atoms with E-state index < -0.39 is 0 Å². The van der Waals surface area contributed by atoms with Crippen LogP contribution in [0.3, 0.4) is 0 Å². The van der Waals surface area contributed by atoms with Gasteiger partial charge in [-0.25, -0.2) is 0 Å². The fraction of sp³-hybridized carbons (Fsp3) is 0. The van der Waals surface area contributed by atoms with Crippen LogP contribution in [0.2, 0.25) is 0 Å². The zero-order valence-corrected chi connectivity index (χ0v) is 12.9. The Labute approximate surface area is 88.2 Å². The average Bonchev–Trinajstić information content (AvgIpc) is 1.69. The van der Waals surface area contributed by atoms with E-state index in [1.54, 1.807) is 0 Å². The van der Waals surface area contributed by atoms with Crippen LogP contribution in [0, 0.1) is 0 Å². The Hall–Kier alpha value is 0.925. The van der Waals surface area contributed by atoms with E-state index in [9.17, 15) is 0 Å². The summed E-state index contributed by atoms with van der Waals surface area (Å²) in [5, 5.41) is 0. The van der Waals surface area contributed by atoms with Crippen molar-refractivity contribution in [2.45, 2.75) is 0 Å². The molecule has 47 valence electrons. The van der Waals surface area contributed by atoms with E-state index in [0.717, 1.165) is 26.1 Å². The third-order valence-electron chi connectivity index (χ3n) is 0.843. The van der Waals surface area contributed by atoms with Crippen LogP contribution in [-0.4, -0.2) is 0 Å². The maximum absolute atomic E-state index is 2.17. The van der Waals surface area contributed by atoms with E-state index in [1.165, 1.54) is 3.07 Å². The van der Waals surface area contributed by atoms with Gasteiger partial charge in [-0.05, 0) is 0 Å². The van der Waals surface area contributed by atoms with Crippen molar-refractivity contribution in [3.05, 3.63) is 30.3 Å². The van der Waals surface area contributed by atoms with Crippen molar-refractivity contribution in [3.63, 3.8) is 0 Å². The van der Waals surface area contributed by atoms with Gasteiger partial charge in [0.15, 0.2) is 0 Å². The normalized spacial score (nSPS) is 6.89. The van der Waals surface area contributed by atoms with Crippen LogP contribution in [0.4, 0.5) is 0 Å². The average molecular weight is 395 g/mol. The molecule has 0 fully saturated rings. The van der Waals surface area contributed by atoms with Gasteiger partial charge >= 0.3 is 59.5 Å². The molecule has 0 unspecified atom stereocenters. The Morgan fingerprint density at radius 3 is 1.67 bits per heavy atom. The van der Waals surface area contributed by atoms with Crippen LogP contribution in [0.25, 0.3) is 0 Å². The third kappa shape index (κ3) is 5.37. The summed E-state index contributed by atoms with van der Waals surface area (Å²) in [6, 6.07) is 10.6. The topological polar surface area (TPSA) is 0 Å². The Morgan fingerprint density at radius 2 is 1.44 bits per heavy atom. The molecule has 0 spiro atoms. The van der Waals surface area contributed by atoms with E-state index in [-0.39, 0.29) is 29.4 Å². The summed E-state index contributed by atoms with van der Waals surface area (Å²) in [6.45, 7) is 0.